The van der Waals surface area contributed by atoms with Gasteiger partial charge in [0.2, 0.25) is 0 Å². The van der Waals surface area contributed by atoms with Crippen molar-refractivity contribution in [3.05, 3.63) is 65.2 Å². The average Bonchev–Trinajstić information content (AvgIpc) is 3.05. The number of pyridine rings is 2. The van der Waals surface area contributed by atoms with Crippen LogP contribution in [0, 0.1) is 17.0 Å². The van der Waals surface area contributed by atoms with Crippen LogP contribution in [0.3, 0.4) is 0 Å². The molecular formula is C27H36N7O4. The zero-order valence-corrected chi connectivity index (χ0v) is 23.3. The third kappa shape index (κ3) is 4.18. The Balaban J connectivity index is 1.72. The standard InChI is InChI=1S/C27H36N7O4/c1-24(2)25(3,4)32(36)22(31(24)35)17-30(18-23-33(37)26(5,6)27(7,8)34(23)38)16-19-12-11-14-21(29-19)20-13-9-10-15-28-20/h9-16H,17-18H2,1-8H3. The van der Waals surface area contributed by atoms with Gasteiger partial charge in [-0.3, -0.25) is 19.4 Å². The Labute approximate surface area is 224 Å². The Morgan fingerprint density at radius 3 is 1.71 bits per heavy atom. The molecule has 4 rings (SSSR count). The van der Waals surface area contributed by atoms with E-state index in [2.05, 4.69) is 9.97 Å². The summed E-state index contributed by atoms with van der Waals surface area (Å²) in [6, 6.07) is 10.9. The Hall–Kier alpha value is -3.28. The SMILES string of the molecule is CC1(C)N([O])C(CN([CH]c2cccc(-c3ccccn3)n2)CC2=[N+]([O-])C(C)(C)C(C)(C)N2[O])=[N+]([O-])C1(C)C. The van der Waals surface area contributed by atoms with Crippen molar-refractivity contribution in [2.45, 2.75) is 77.5 Å². The lowest BCUT2D eigenvalue weighted by Gasteiger charge is -2.32. The Kier molecular flexibility index (Phi) is 6.70. The van der Waals surface area contributed by atoms with Gasteiger partial charge in [0.15, 0.2) is 11.1 Å². The van der Waals surface area contributed by atoms with E-state index in [4.69, 9.17) is 0 Å². The first-order valence-corrected chi connectivity index (χ1v) is 12.6. The molecule has 0 atom stereocenters. The minimum atomic E-state index is -0.994. The maximum atomic E-state index is 13.3. The minimum Gasteiger partial charge on any atom is -0.715 e. The Morgan fingerprint density at radius 1 is 0.789 bits per heavy atom. The number of aromatic nitrogens is 2. The molecular weight excluding hydrogens is 486 g/mol. The summed E-state index contributed by atoms with van der Waals surface area (Å²) in [5, 5.41) is 54.6. The summed E-state index contributed by atoms with van der Waals surface area (Å²) in [6.45, 7) is 15.2. The van der Waals surface area contributed by atoms with Gasteiger partial charge in [-0.1, -0.05) is 22.3 Å². The van der Waals surface area contributed by atoms with Crippen LogP contribution in [0.25, 0.3) is 11.4 Å². The summed E-state index contributed by atoms with van der Waals surface area (Å²) in [7, 11) is 0. The molecule has 0 spiro atoms. The molecule has 2 aliphatic rings. The molecule has 0 bridgehead atoms. The summed E-state index contributed by atoms with van der Waals surface area (Å²) in [5.74, 6) is -0.0201. The van der Waals surface area contributed by atoms with E-state index in [1.165, 1.54) is 0 Å². The molecule has 0 unspecified atom stereocenters. The molecule has 38 heavy (non-hydrogen) atoms. The van der Waals surface area contributed by atoms with Crippen molar-refractivity contribution in [3.8, 4) is 11.4 Å². The van der Waals surface area contributed by atoms with E-state index in [0.717, 1.165) is 19.6 Å². The van der Waals surface area contributed by atoms with Crippen LogP contribution in [-0.2, 0) is 10.4 Å². The summed E-state index contributed by atoms with van der Waals surface area (Å²) < 4.78 is 1.46. The van der Waals surface area contributed by atoms with E-state index >= 15 is 0 Å². The molecule has 11 heteroatoms. The van der Waals surface area contributed by atoms with Gasteiger partial charge in [0.05, 0.1) is 23.6 Å². The van der Waals surface area contributed by atoms with E-state index in [1.807, 2.05) is 30.3 Å². The van der Waals surface area contributed by atoms with Crippen molar-refractivity contribution in [2.75, 3.05) is 13.1 Å². The second-order valence-electron chi connectivity index (χ2n) is 11.9. The Morgan fingerprint density at radius 2 is 1.29 bits per heavy atom. The molecule has 2 aromatic heterocycles. The number of amidine groups is 2. The first-order valence-electron chi connectivity index (χ1n) is 12.6. The molecule has 2 aliphatic heterocycles. The largest absolute Gasteiger partial charge is 0.715 e. The lowest BCUT2D eigenvalue weighted by molar-refractivity contribution is -0.541. The molecule has 0 saturated carbocycles. The van der Waals surface area contributed by atoms with Gasteiger partial charge in [-0.2, -0.15) is 0 Å². The second-order valence-corrected chi connectivity index (χ2v) is 11.9. The maximum absolute atomic E-state index is 13.3. The van der Waals surface area contributed by atoms with Crippen LogP contribution < -0.4 is 0 Å². The summed E-state index contributed by atoms with van der Waals surface area (Å²) in [6.07, 6.45) is 1.68. The highest BCUT2D eigenvalue weighted by Crippen LogP contribution is 2.37. The van der Waals surface area contributed by atoms with E-state index in [0.29, 0.717) is 17.1 Å². The molecule has 2 aromatic rings. The van der Waals surface area contributed by atoms with E-state index in [-0.39, 0.29) is 24.8 Å². The number of nitrogens with zero attached hydrogens (tertiary/aromatic N) is 7. The quantitative estimate of drug-likeness (QED) is 0.403. The van der Waals surface area contributed by atoms with Crippen molar-refractivity contribution in [3.63, 3.8) is 0 Å². The van der Waals surface area contributed by atoms with Crippen molar-refractivity contribution in [1.29, 1.82) is 0 Å². The maximum Gasteiger partial charge on any atom is 0.298 e. The third-order valence-electron chi connectivity index (χ3n) is 8.66. The highest BCUT2D eigenvalue weighted by atomic mass is 16.5. The third-order valence-corrected chi connectivity index (χ3v) is 8.66. The Bertz CT molecular complexity index is 1220. The molecule has 0 amide bonds. The summed E-state index contributed by atoms with van der Waals surface area (Å²) >= 11 is 0. The molecule has 3 radical (unpaired) electrons. The van der Waals surface area contributed by atoms with Crippen molar-refractivity contribution in [1.82, 2.24) is 25.0 Å². The van der Waals surface area contributed by atoms with Crippen LogP contribution in [0.15, 0.2) is 42.6 Å². The normalized spacial score (nSPS) is 21.7. The number of hydrogen-bond donors (Lipinski definition) is 0. The molecule has 0 saturated heterocycles. The fourth-order valence-electron chi connectivity index (χ4n) is 4.58. The predicted molar refractivity (Wildman–Crippen MR) is 141 cm³/mol. The fourth-order valence-corrected chi connectivity index (χ4v) is 4.58. The van der Waals surface area contributed by atoms with Gasteiger partial charge in [0.25, 0.3) is 11.7 Å². The van der Waals surface area contributed by atoms with Crippen molar-refractivity contribution >= 4 is 11.7 Å². The zero-order valence-electron chi connectivity index (χ0n) is 23.3. The monoisotopic (exact) mass is 522 g/mol. The van der Waals surface area contributed by atoms with Gasteiger partial charge >= 0.3 is 0 Å². The first-order chi connectivity index (χ1) is 17.5. The summed E-state index contributed by atoms with van der Waals surface area (Å²) in [5.41, 5.74) is -2.13. The second kappa shape index (κ2) is 9.18. The lowest BCUT2D eigenvalue weighted by atomic mass is 9.84. The molecule has 0 aliphatic carbocycles. The number of hydrogen-bond acceptors (Lipinski definition) is 7. The highest BCUT2D eigenvalue weighted by Gasteiger charge is 2.61. The van der Waals surface area contributed by atoms with Gasteiger partial charge in [-0.25, -0.2) is 4.98 Å². The molecule has 0 fully saturated rings. The minimum absolute atomic E-state index is 0.0101. The van der Waals surface area contributed by atoms with E-state index in [9.17, 15) is 20.8 Å². The van der Waals surface area contributed by atoms with E-state index < -0.39 is 22.2 Å². The van der Waals surface area contributed by atoms with Crippen LogP contribution in [0.1, 0.15) is 61.1 Å². The molecule has 11 nitrogen and oxygen atoms in total. The topological polar surface area (TPSA) is 127 Å². The smallest absolute Gasteiger partial charge is 0.298 e. The molecule has 4 heterocycles. The molecule has 203 valence electrons. The van der Waals surface area contributed by atoms with Crippen LogP contribution in [0.4, 0.5) is 0 Å². The van der Waals surface area contributed by atoms with Crippen molar-refractivity contribution in [2.24, 2.45) is 0 Å². The zero-order chi connectivity index (χ0) is 28.3. The van der Waals surface area contributed by atoms with Gasteiger partial charge in [-0.15, -0.1) is 0 Å². The summed E-state index contributed by atoms with van der Waals surface area (Å²) in [4.78, 5) is 10.6. The van der Waals surface area contributed by atoms with Gasteiger partial charge in [0.1, 0.15) is 24.2 Å². The van der Waals surface area contributed by atoms with Gasteiger partial charge in [-0.05, 0) is 79.7 Å². The number of rotatable bonds is 7. The molecule has 0 aromatic carbocycles. The van der Waals surface area contributed by atoms with Crippen LogP contribution in [-0.4, -0.2) is 81.4 Å². The molecule has 0 N–H and O–H groups in total. The number of hydroxylamine groups is 6. The van der Waals surface area contributed by atoms with E-state index in [1.54, 1.807) is 79.1 Å². The van der Waals surface area contributed by atoms with Gasteiger partial charge in [0, 0.05) is 16.6 Å². The first kappa shape index (κ1) is 27.7. The predicted octanol–water partition coefficient (Wildman–Crippen LogP) is 3.21. The average molecular weight is 523 g/mol. The fraction of sp³-hybridized carbons (Fsp3) is 0.519. The van der Waals surface area contributed by atoms with Crippen LogP contribution in [0.2, 0.25) is 0 Å². The lowest BCUT2D eigenvalue weighted by Crippen LogP contribution is -2.54. The van der Waals surface area contributed by atoms with Gasteiger partial charge < -0.3 is 10.4 Å². The van der Waals surface area contributed by atoms with Crippen LogP contribution in [0.5, 0.6) is 0 Å². The van der Waals surface area contributed by atoms with Crippen molar-refractivity contribution < 1.29 is 19.9 Å². The van der Waals surface area contributed by atoms with Crippen LogP contribution >= 0.6 is 0 Å². The highest BCUT2D eigenvalue weighted by molar-refractivity contribution is 5.84.